The van der Waals surface area contributed by atoms with Crippen molar-refractivity contribution in [2.75, 3.05) is 13.7 Å². The molecule has 1 aromatic carbocycles. The summed E-state index contributed by atoms with van der Waals surface area (Å²) in [4.78, 5) is 0.172. The first-order valence-electron chi connectivity index (χ1n) is 6.93. The maximum atomic E-state index is 12.3. The van der Waals surface area contributed by atoms with Crippen LogP contribution in [0.1, 0.15) is 31.2 Å². The van der Waals surface area contributed by atoms with E-state index in [4.69, 9.17) is 10.5 Å². The molecular weight excluding hydrogens is 276 g/mol. The highest BCUT2D eigenvalue weighted by Crippen LogP contribution is 2.29. The molecule has 0 aromatic heterocycles. The number of sulfonamides is 1. The number of nitrogens with one attached hydrogen (secondary N) is 1. The van der Waals surface area contributed by atoms with Crippen molar-refractivity contribution < 1.29 is 13.2 Å². The zero-order valence-electron chi connectivity index (χ0n) is 11.8. The lowest BCUT2D eigenvalue weighted by atomic mass is 9.83. The number of hydrogen-bond donors (Lipinski definition) is 2. The van der Waals surface area contributed by atoms with E-state index in [1.54, 1.807) is 18.2 Å². The minimum absolute atomic E-state index is 0.172. The molecule has 6 heteroatoms. The average molecular weight is 298 g/mol. The molecule has 1 aromatic rings. The minimum Gasteiger partial charge on any atom is -0.495 e. The number of hydrogen-bond acceptors (Lipinski definition) is 4. The largest absolute Gasteiger partial charge is 0.495 e. The van der Waals surface area contributed by atoms with Crippen molar-refractivity contribution in [3.8, 4) is 5.75 Å². The Morgan fingerprint density at radius 2 is 2.15 bits per heavy atom. The zero-order valence-corrected chi connectivity index (χ0v) is 12.6. The summed E-state index contributed by atoms with van der Waals surface area (Å²) in [6.07, 6.45) is 4.61. The third-order valence-electron chi connectivity index (χ3n) is 3.82. The van der Waals surface area contributed by atoms with Gasteiger partial charge in [0.25, 0.3) is 0 Å². The van der Waals surface area contributed by atoms with Crippen molar-refractivity contribution in [1.29, 1.82) is 0 Å². The van der Waals surface area contributed by atoms with Gasteiger partial charge in [0.05, 0.1) is 7.11 Å². The van der Waals surface area contributed by atoms with Crippen LogP contribution >= 0.6 is 0 Å². The van der Waals surface area contributed by atoms with Crippen LogP contribution in [0.2, 0.25) is 0 Å². The van der Waals surface area contributed by atoms with Crippen molar-refractivity contribution in [3.63, 3.8) is 0 Å². The molecule has 0 bridgehead atoms. The number of benzene rings is 1. The highest BCUT2D eigenvalue weighted by atomic mass is 32.2. The molecule has 0 aliphatic heterocycles. The van der Waals surface area contributed by atoms with Crippen LogP contribution in [0.3, 0.4) is 0 Å². The standard InChI is InChI=1S/C14H22N2O3S/c1-19-13-9-12(10-15)5-6-14(13)20(17,18)16-8-7-11-3-2-4-11/h5-6,9,11,16H,2-4,7-8,10,15H2,1H3. The lowest BCUT2D eigenvalue weighted by Crippen LogP contribution is -2.28. The van der Waals surface area contributed by atoms with E-state index in [0.717, 1.165) is 12.0 Å². The average Bonchev–Trinajstić information content (AvgIpc) is 2.40. The summed E-state index contributed by atoms with van der Waals surface area (Å²) in [5.74, 6) is 1.02. The lowest BCUT2D eigenvalue weighted by Gasteiger charge is -2.25. The predicted octanol–water partition coefficient (Wildman–Crippen LogP) is 1.62. The van der Waals surface area contributed by atoms with Gasteiger partial charge in [-0.2, -0.15) is 0 Å². The fraction of sp³-hybridized carbons (Fsp3) is 0.571. The van der Waals surface area contributed by atoms with Crippen LogP contribution in [0.15, 0.2) is 23.1 Å². The van der Waals surface area contributed by atoms with Gasteiger partial charge in [0, 0.05) is 13.1 Å². The van der Waals surface area contributed by atoms with E-state index in [0.29, 0.717) is 24.8 Å². The quantitative estimate of drug-likeness (QED) is 0.801. The molecule has 112 valence electrons. The summed E-state index contributed by atoms with van der Waals surface area (Å²) < 4.78 is 32.4. The maximum absolute atomic E-state index is 12.3. The molecule has 0 radical (unpaired) electrons. The Labute approximate surface area is 120 Å². The van der Waals surface area contributed by atoms with Crippen molar-refractivity contribution in [2.24, 2.45) is 11.7 Å². The first-order chi connectivity index (χ1) is 9.56. The predicted molar refractivity (Wildman–Crippen MR) is 78.0 cm³/mol. The van der Waals surface area contributed by atoms with Gasteiger partial charge in [0.15, 0.2) is 0 Å². The highest BCUT2D eigenvalue weighted by Gasteiger charge is 2.21. The Bertz CT molecular complexity index is 554. The summed E-state index contributed by atoms with van der Waals surface area (Å²) >= 11 is 0. The van der Waals surface area contributed by atoms with E-state index in [-0.39, 0.29) is 4.90 Å². The molecule has 1 fully saturated rings. The van der Waals surface area contributed by atoms with Gasteiger partial charge in [0.2, 0.25) is 10.0 Å². The lowest BCUT2D eigenvalue weighted by molar-refractivity contribution is 0.297. The van der Waals surface area contributed by atoms with Crippen LogP contribution < -0.4 is 15.2 Å². The molecule has 20 heavy (non-hydrogen) atoms. The van der Waals surface area contributed by atoms with Crippen LogP contribution in [0.4, 0.5) is 0 Å². The molecule has 0 spiro atoms. The van der Waals surface area contributed by atoms with E-state index < -0.39 is 10.0 Å². The number of rotatable bonds is 7. The van der Waals surface area contributed by atoms with Gasteiger partial charge in [-0.15, -0.1) is 0 Å². The summed E-state index contributed by atoms with van der Waals surface area (Å²) in [6.45, 7) is 0.834. The molecule has 0 heterocycles. The molecule has 3 N–H and O–H groups in total. The molecule has 0 amide bonds. The Morgan fingerprint density at radius 3 is 2.70 bits per heavy atom. The fourth-order valence-electron chi connectivity index (χ4n) is 2.32. The molecule has 5 nitrogen and oxygen atoms in total. The van der Waals surface area contributed by atoms with Crippen LogP contribution in [0.25, 0.3) is 0 Å². The molecule has 2 rings (SSSR count). The van der Waals surface area contributed by atoms with Crippen molar-refractivity contribution in [3.05, 3.63) is 23.8 Å². The zero-order chi connectivity index (χ0) is 14.6. The van der Waals surface area contributed by atoms with Crippen LogP contribution in [-0.2, 0) is 16.6 Å². The Hall–Kier alpha value is -1.11. The van der Waals surface area contributed by atoms with Gasteiger partial charge in [-0.05, 0) is 30.0 Å². The van der Waals surface area contributed by atoms with Gasteiger partial charge >= 0.3 is 0 Å². The molecule has 0 unspecified atom stereocenters. The van der Waals surface area contributed by atoms with Crippen molar-refractivity contribution >= 4 is 10.0 Å². The normalized spacial score (nSPS) is 15.9. The van der Waals surface area contributed by atoms with E-state index in [9.17, 15) is 8.42 Å². The summed E-state index contributed by atoms with van der Waals surface area (Å²) in [7, 11) is -2.06. The van der Waals surface area contributed by atoms with Crippen LogP contribution in [0.5, 0.6) is 5.75 Å². The van der Waals surface area contributed by atoms with Gasteiger partial charge in [-0.1, -0.05) is 25.3 Å². The number of nitrogens with two attached hydrogens (primary N) is 1. The fourth-order valence-corrected chi connectivity index (χ4v) is 3.51. The molecule has 0 atom stereocenters. The van der Waals surface area contributed by atoms with E-state index in [1.165, 1.54) is 26.4 Å². The van der Waals surface area contributed by atoms with E-state index in [1.807, 2.05) is 0 Å². The molecule has 1 aliphatic carbocycles. The Kier molecular flexibility index (Phi) is 5.01. The third kappa shape index (κ3) is 3.50. The molecule has 1 aliphatic rings. The second-order valence-electron chi connectivity index (χ2n) is 5.17. The van der Waals surface area contributed by atoms with Crippen molar-refractivity contribution in [2.45, 2.75) is 37.1 Å². The Balaban J connectivity index is 2.07. The number of methoxy groups -OCH3 is 1. The number of ether oxygens (including phenoxy) is 1. The first-order valence-corrected chi connectivity index (χ1v) is 8.42. The second kappa shape index (κ2) is 6.56. The third-order valence-corrected chi connectivity index (χ3v) is 5.32. The monoisotopic (exact) mass is 298 g/mol. The maximum Gasteiger partial charge on any atom is 0.244 e. The Morgan fingerprint density at radius 1 is 1.40 bits per heavy atom. The topological polar surface area (TPSA) is 81.4 Å². The smallest absolute Gasteiger partial charge is 0.244 e. The molecular formula is C14H22N2O3S. The second-order valence-corrected chi connectivity index (χ2v) is 6.91. The summed E-state index contributed by atoms with van der Waals surface area (Å²) in [5.41, 5.74) is 6.39. The van der Waals surface area contributed by atoms with Gasteiger partial charge < -0.3 is 10.5 Å². The van der Waals surface area contributed by atoms with Gasteiger partial charge in [-0.3, -0.25) is 0 Å². The van der Waals surface area contributed by atoms with Crippen LogP contribution in [0, 0.1) is 5.92 Å². The van der Waals surface area contributed by atoms with E-state index >= 15 is 0 Å². The summed E-state index contributed by atoms with van der Waals surface area (Å²) in [6, 6.07) is 4.93. The SMILES string of the molecule is COc1cc(CN)ccc1S(=O)(=O)NCCC1CCC1. The summed E-state index contributed by atoms with van der Waals surface area (Å²) in [5, 5.41) is 0. The first kappa shape index (κ1) is 15.3. The van der Waals surface area contributed by atoms with Gasteiger partial charge in [0.1, 0.15) is 10.6 Å². The molecule has 0 saturated heterocycles. The van der Waals surface area contributed by atoms with E-state index in [2.05, 4.69) is 4.72 Å². The molecule has 1 saturated carbocycles. The minimum atomic E-state index is -3.52. The highest BCUT2D eigenvalue weighted by molar-refractivity contribution is 7.89. The van der Waals surface area contributed by atoms with Crippen molar-refractivity contribution in [1.82, 2.24) is 4.72 Å². The van der Waals surface area contributed by atoms with Gasteiger partial charge in [-0.25, -0.2) is 13.1 Å². The van der Waals surface area contributed by atoms with Crippen LogP contribution in [-0.4, -0.2) is 22.1 Å².